The van der Waals surface area contributed by atoms with Crippen LogP contribution in [-0.4, -0.2) is 106 Å². The van der Waals surface area contributed by atoms with Crippen molar-refractivity contribution in [3.63, 3.8) is 0 Å². The van der Waals surface area contributed by atoms with Crippen molar-refractivity contribution in [3.8, 4) is 23.1 Å². The molecule has 5 N–H and O–H groups in total. The maximum Gasteiger partial charge on any atom is 0.407 e. The van der Waals surface area contributed by atoms with Crippen LogP contribution in [0.25, 0.3) is 16.8 Å². The Kier molecular flexibility index (Phi) is 13.1. The molecule has 57 heavy (non-hydrogen) atoms. The number of rotatable bonds is 10. The van der Waals surface area contributed by atoms with Gasteiger partial charge < -0.3 is 45.2 Å². The van der Waals surface area contributed by atoms with Crippen LogP contribution in [0.4, 0.5) is 9.59 Å². The molecule has 0 spiro atoms. The van der Waals surface area contributed by atoms with E-state index < -0.39 is 24.3 Å². The number of piperazine rings is 1. The summed E-state index contributed by atoms with van der Waals surface area (Å²) in [7, 11) is 2.57. The molecule has 2 aromatic heterocycles. The largest absolute Gasteiger partial charge is 0.453 e. The first kappa shape index (κ1) is 40.8. The highest BCUT2D eigenvalue weighted by molar-refractivity contribution is 5.87. The third kappa shape index (κ3) is 9.57. The van der Waals surface area contributed by atoms with Crippen molar-refractivity contribution in [1.29, 1.82) is 0 Å². The van der Waals surface area contributed by atoms with E-state index >= 15 is 0 Å². The zero-order chi connectivity index (χ0) is 40.6. The van der Waals surface area contributed by atoms with E-state index in [0.29, 0.717) is 32.0 Å². The molecule has 4 heterocycles. The quantitative estimate of drug-likeness (QED) is 0.179. The molecule has 1 aromatic carbocycles. The summed E-state index contributed by atoms with van der Waals surface area (Å²) in [4.78, 5) is 70.8. The number of alkyl carbamates (subject to hydrolysis) is 2. The standard InChI is InChI=1S/C42H53N9O6/c1-25(2)35(48-41(54)56-5)39(52)50-20-7-8-33(50)37-44-22-31(46-37)29-15-11-27(12-16-29)9-10-28-13-17-30(18-14-28)32-23-45-38(47-32)34-24-43-19-21-51(34)40(53)36(26(3)4)49-42(55)57-6/h11-13,15-17,22-23,25-26,33-36,43H,7-8,14,18-21,24H2,1-6H3,(H,44,46)(H,45,47)(H,48,54)(H,49,55)/t33?,34-,35-,36-/m0/s1. The number of H-pyrrole nitrogens is 2. The number of benzene rings is 1. The van der Waals surface area contributed by atoms with Crippen LogP contribution in [0.1, 0.15) is 88.4 Å². The van der Waals surface area contributed by atoms with E-state index in [4.69, 9.17) is 9.47 Å². The van der Waals surface area contributed by atoms with Gasteiger partial charge in [-0.2, -0.15) is 0 Å². The maximum atomic E-state index is 13.6. The molecular weight excluding hydrogens is 727 g/mol. The van der Waals surface area contributed by atoms with Gasteiger partial charge in [-0.25, -0.2) is 19.6 Å². The first-order chi connectivity index (χ1) is 27.5. The predicted molar refractivity (Wildman–Crippen MR) is 214 cm³/mol. The smallest absolute Gasteiger partial charge is 0.407 e. The monoisotopic (exact) mass is 779 g/mol. The number of amides is 4. The highest BCUT2D eigenvalue weighted by atomic mass is 16.5. The van der Waals surface area contributed by atoms with E-state index in [0.717, 1.165) is 65.2 Å². The highest BCUT2D eigenvalue weighted by Crippen LogP contribution is 2.33. The molecule has 2 fully saturated rings. The van der Waals surface area contributed by atoms with Gasteiger partial charge in [0.15, 0.2) is 0 Å². The number of nitrogens with one attached hydrogen (secondary N) is 5. The van der Waals surface area contributed by atoms with E-state index in [-0.39, 0.29) is 35.7 Å². The van der Waals surface area contributed by atoms with Crippen LogP contribution in [-0.2, 0) is 19.1 Å². The Hall–Kier alpha value is -5.88. The van der Waals surface area contributed by atoms with Crippen LogP contribution in [0.2, 0.25) is 0 Å². The summed E-state index contributed by atoms with van der Waals surface area (Å²) in [6.07, 6.45) is 9.66. The second-order valence-corrected chi connectivity index (χ2v) is 15.2. The summed E-state index contributed by atoms with van der Waals surface area (Å²) < 4.78 is 9.51. The average molecular weight is 780 g/mol. The number of carbonyl (C=O) groups is 4. The molecule has 1 aliphatic carbocycles. The SMILES string of the molecule is COC(=O)N[C@H](C(=O)N1CCCC1c1ncc(-c2ccc(C#CC3=CC=C(c4cnc([C@@H]5CNCCN5C(=O)[C@@H](NC(=O)OC)C(C)C)[nH]4)CC3)cc2)[nH]1)C(C)C. The minimum atomic E-state index is -0.711. The molecule has 0 radical (unpaired) electrons. The molecule has 2 saturated heterocycles. The van der Waals surface area contributed by atoms with Gasteiger partial charge in [-0.3, -0.25) is 9.59 Å². The van der Waals surface area contributed by atoms with Crippen molar-refractivity contribution in [2.24, 2.45) is 11.8 Å². The number of aromatic amines is 2. The molecule has 3 aromatic rings. The van der Waals surface area contributed by atoms with Crippen molar-refractivity contribution < 1.29 is 28.7 Å². The number of hydrogen-bond acceptors (Lipinski definition) is 9. The van der Waals surface area contributed by atoms with Crippen LogP contribution in [0.3, 0.4) is 0 Å². The van der Waals surface area contributed by atoms with Crippen LogP contribution in [0.15, 0.2) is 54.4 Å². The van der Waals surface area contributed by atoms with E-state index in [1.165, 1.54) is 14.2 Å². The summed E-state index contributed by atoms with van der Waals surface area (Å²) >= 11 is 0. The van der Waals surface area contributed by atoms with Crippen LogP contribution in [0.5, 0.6) is 0 Å². The Labute approximate surface area is 333 Å². The number of hydrogen-bond donors (Lipinski definition) is 5. The minimum absolute atomic E-state index is 0.105. The van der Waals surface area contributed by atoms with Gasteiger partial charge in [0.1, 0.15) is 29.8 Å². The lowest BCUT2D eigenvalue weighted by molar-refractivity contribution is -0.138. The summed E-state index contributed by atoms with van der Waals surface area (Å²) in [5.74, 6) is 7.50. The molecule has 1 unspecified atom stereocenters. The topological polar surface area (TPSA) is 187 Å². The van der Waals surface area contributed by atoms with Gasteiger partial charge in [-0.15, -0.1) is 0 Å². The molecule has 0 saturated carbocycles. The highest BCUT2D eigenvalue weighted by Gasteiger charge is 2.38. The fourth-order valence-corrected chi connectivity index (χ4v) is 7.46. The summed E-state index contributed by atoms with van der Waals surface area (Å²) in [6, 6.07) is 6.07. The van der Waals surface area contributed by atoms with Gasteiger partial charge in [0.25, 0.3) is 0 Å². The number of likely N-dealkylation sites (tertiary alicyclic amines) is 1. The van der Waals surface area contributed by atoms with Crippen molar-refractivity contribution in [2.45, 2.75) is 77.5 Å². The van der Waals surface area contributed by atoms with Gasteiger partial charge in [0.2, 0.25) is 11.8 Å². The second-order valence-electron chi connectivity index (χ2n) is 15.2. The molecule has 2 aliphatic heterocycles. The first-order valence-electron chi connectivity index (χ1n) is 19.6. The lowest BCUT2D eigenvalue weighted by Crippen LogP contribution is -2.57. The second kappa shape index (κ2) is 18.4. The fourth-order valence-electron chi connectivity index (χ4n) is 7.46. The van der Waals surface area contributed by atoms with E-state index in [1.54, 1.807) is 16.0 Å². The lowest BCUT2D eigenvalue weighted by Gasteiger charge is -2.38. The molecule has 302 valence electrons. The van der Waals surface area contributed by atoms with Gasteiger partial charge >= 0.3 is 12.2 Å². The maximum absolute atomic E-state index is 13.6. The van der Waals surface area contributed by atoms with E-state index in [9.17, 15) is 19.2 Å². The van der Waals surface area contributed by atoms with Crippen molar-refractivity contribution in [2.75, 3.05) is 40.4 Å². The van der Waals surface area contributed by atoms with Crippen molar-refractivity contribution >= 4 is 29.6 Å². The molecule has 0 bridgehead atoms. The first-order valence-corrected chi connectivity index (χ1v) is 19.6. The molecule has 6 rings (SSSR count). The molecule has 15 nitrogen and oxygen atoms in total. The fraction of sp³-hybridized carbons (Fsp3) is 0.476. The van der Waals surface area contributed by atoms with Crippen LogP contribution >= 0.6 is 0 Å². The third-order valence-corrected chi connectivity index (χ3v) is 10.7. The number of aromatic nitrogens is 4. The van der Waals surface area contributed by atoms with Crippen LogP contribution in [0, 0.1) is 23.7 Å². The third-order valence-electron chi connectivity index (χ3n) is 10.7. The molecular formula is C42H53N9O6. The zero-order valence-corrected chi connectivity index (χ0v) is 33.5. The predicted octanol–water partition coefficient (Wildman–Crippen LogP) is 4.85. The van der Waals surface area contributed by atoms with Gasteiger partial charge in [-0.1, -0.05) is 63.8 Å². The molecule has 3 aliphatic rings. The van der Waals surface area contributed by atoms with Gasteiger partial charge in [0.05, 0.1) is 44.0 Å². The van der Waals surface area contributed by atoms with E-state index in [2.05, 4.69) is 53.8 Å². The summed E-state index contributed by atoms with van der Waals surface area (Å²) in [5.41, 5.74) is 5.74. The number of allylic oxidation sites excluding steroid dienone is 4. The Morgan fingerprint density at radius 3 is 1.96 bits per heavy atom. The number of nitrogens with zero attached hydrogens (tertiary/aromatic N) is 4. The molecule has 4 amide bonds. The van der Waals surface area contributed by atoms with Crippen molar-refractivity contribution in [1.82, 2.24) is 45.7 Å². The average Bonchev–Trinajstić information content (AvgIpc) is 4.03. The summed E-state index contributed by atoms with van der Waals surface area (Å²) in [5, 5.41) is 8.75. The van der Waals surface area contributed by atoms with Crippen LogP contribution < -0.4 is 16.0 Å². The van der Waals surface area contributed by atoms with Crippen molar-refractivity contribution in [3.05, 3.63) is 77.3 Å². The Morgan fingerprint density at radius 1 is 0.772 bits per heavy atom. The van der Waals surface area contributed by atoms with E-state index in [1.807, 2.05) is 64.2 Å². The van der Waals surface area contributed by atoms with Gasteiger partial charge in [0, 0.05) is 37.3 Å². The van der Waals surface area contributed by atoms with Gasteiger partial charge in [-0.05, 0) is 60.8 Å². The Bertz CT molecular complexity index is 2050. The zero-order valence-electron chi connectivity index (χ0n) is 33.5. The number of methoxy groups -OCH3 is 2. The number of ether oxygens (including phenoxy) is 2. The molecule has 4 atom stereocenters. The number of carbonyl (C=O) groups excluding carboxylic acids is 4. The Morgan fingerprint density at radius 2 is 1.37 bits per heavy atom. The molecule has 15 heteroatoms. The lowest BCUT2D eigenvalue weighted by atomic mass is 9.96. The normalized spacial score (nSPS) is 19.2. The summed E-state index contributed by atoms with van der Waals surface area (Å²) in [6.45, 7) is 9.87. The Balaban J connectivity index is 1.08. The number of imidazole rings is 2. The minimum Gasteiger partial charge on any atom is -0.453 e.